The minimum Gasteiger partial charge on any atom is -0.362 e. The molecule has 0 saturated carbocycles. The van der Waals surface area contributed by atoms with Crippen molar-refractivity contribution in [2.75, 3.05) is 51.8 Å². The van der Waals surface area contributed by atoms with E-state index < -0.39 is 0 Å². The van der Waals surface area contributed by atoms with Crippen molar-refractivity contribution in [3.05, 3.63) is 23.9 Å². The third kappa shape index (κ3) is 4.19. The van der Waals surface area contributed by atoms with Gasteiger partial charge >= 0.3 is 0 Å². The van der Waals surface area contributed by atoms with Gasteiger partial charge in [-0.15, -0.1) is 15.8 Å². The second-order valence-electron chi connectivity index (χ2n) is 5.05. The van der Waals surface area contributed by atoms with Gasteiger partial charge in [0.2, 0.25) is 0 Å². The molecule has 1 aromatic rings. The standard InChI is InChI=1S/C13H24N2P2/c1-15(2)13-11(8-7-9-14-13)12(17(5)6)10-16(3)4/h7-9,12H,10H2,1-6H3. The molecule has 1 rings (SSSR count). The Labute approximate surface area is 108 Å². The lowest BCUT2D eigenvalue weighted by atomic mass is 10.2. The highest BCUT2D eigenvalue weighted by Crippen LogP contribution is 2.51. The fourth-order valence-corrected chi connectivity index (χ4v) is 5.86. The van der Waals surface area contributed by atoms with Crippen molar-refractivity contribution in [3.8, 4) is 0 Å². The minimum absolute atomic E-state index is 0.0359. The molecule has 0 spiro atoms. The van der Waals surface area contributed by atoms with Gasteiger partial charge in [-0.3, -0.25) is 0 Å². The molecule has 0 radical (unpaired) electrons. The predicted molar refractivity (Wildman–Crippen MR) is 83.7 cm³/mol. The summed E-state index contributed by atoms with van der Waals surface area (Å²) in [6, 6.07) is 4.33. The van der Waals surface area contributed by atoms with Crippen molar-refractivity contribution in [1.82, 2.24) is 4.98 Å². The Balaban J connectivity index is 3.09. The molecule has 0 aliphatic carbocycles. The van der Waals surface area contributed by atoms with Crippen LogP contribution in [0.15, 0.2) is 18.3 Å². The van der Waals surface area contributed by atoms with E-state index in [1.807, 2.05) is 6.20 Å². The van der Waals surface area contributed by atoms with Crippen molar-refractivity contribution >= 4 is 21.7 Å². The Morgan fingerprint density at radius 3 is 2.35 bits per heavy atom. The van der Waals surface area contributed by atoms with Crippen molar-refractivity contribution in [2.24, 2.45) is 0 Å². The predicted octanol–water partition coefficient (Wildman–Crippen LogP) is 3.67. The van der Waals surface area contributed by atoms with Gasteiger partial charge in [0, 0.05) is 31.5 Å². The maximum Gasteiger partial charge on any atom is 0.131 e. The third-order valence-electron chi connectivity index (χ3n) is 2.76. The van der Waals surface area contributed by atoms with E-state index in [2.05, 4.69) is 62.8 Å². The first-order valence-electron chi connectivity index (χ1n) is 5.87. The molecule has 1 aromatic heterocycles. The molecule has 1 unspecified atom stereocenters. The molecule has 0 saturated heterocycles. The molecule has 0 aliphatic rings. The molecule has 0 N–H and O–H groups in total. The molecule has 0 fully saturated rings. The Morgan fingerprint density at radius 2 is 1.88 bits per heavy atom. The lowest BCUT2D eigenvalue weighted by molar-refractivity contribution is 0.992. The summed E-state index contributed by atoms with van der Waals surface area (Å²) in [6.45, 7) is 9.50. The van der Waals surface area contributed by atoms with Gasteiger partial charge in [-0.25, -0.2) is 4.98 Å². The average Bonchev–Trinajstić information content (AvgIpc) is 2.25. The van der Waals surface area contributed by atoms with Crippen molar-refractivity contribution in [3.63, 3.8) is 0 Å². The molecule has 17 heavy (non-hydrogen) atoms. The molecule has 96 valence electrons. The molecule has 2 nitrogen and oxygen atoms in total. The highest BCUT2D eigenvalue weighted by atomic mass is 31.1. The molecule has 0 aromatic carbocycles. The van der Waals surface area contributed by atoms with E-state index in [9.17, 15) is 0 Å². The molecule has 0 amide bonds. The van der Waals surface area contributed by atoms with Crippen LogP contribution in [0, 0.1) is 0 Å². The van der Waals surface area contributed by atoms with Crippen LogP contribution in [0.5, 0.6) is 0 Å². The summed E-state index contributed by atoms with van der Waals surface area (Å²) in [7, 11) is 4.34. The van der Waals surface area contributed by atoms with Crippen molar-refractivity contribution in [1.29, 1.82) is 0 Å². The van der Waals surface area contributed by atoms with Gasteiger partial charge in [-0.1, -0.05) is 6.07 Å². The maximum atomic E-state index is 4.53. The van der Waals surface area contributed by atoms with Gasteiger partial charge in [0.1, 0.15) is 5.82 Å². The number of nitrogens with zero attached hydrogens (tertiary/aromatic N) is 2. The minimum atomic E-state index is 0.0359. The number of hydrogen-bond acceptors (Lipinski definition) is 2. The SMILES string of the molecule is CN(C)c1ncccc1C(CP(C)C)P(C)C. The van der Waals surface area contributed by atoms with Gasteiger partial charge in [0.15, 0.2) is 0 Å². The van der Waals surface area contributed by atoms with Gasteiger partial charge in [0.25, 0.3) is 0 Å². The van der Waals surface area contributed by atoms with E-state index in [-0.39, 0.29) is 15.8 Å². The molecule has 0 bridgehead atoms. The molecular formula is C13H24N2P2. The zero-order chi connectivity index (χ0) is 13.0. The topological polar surface area (TPSA) is 16.1 Å². The smallest absolute Gasteiger partial charge is 0.131 e. The first-order chi connectivity index (χ1) is 7.93. The van der Waals surface area contributed by atoms with Crippen LogP contribution in [0.2, 0.25) is 0 Å². The number of aromatic nitrogens is 1. The second-order valence-corrected chi connectivity index (χ2v) is 10.1. The van der Waals surface area contributed by atoms with E-state index in [0.717, 1.165) is 5.82 Å². The van der Waals surface area contributed by atoms with E-state index in [0.29, 0.717) is 5.66 Å². The summed E-state index contributed by atoms with van der Waals surface area (Å²) < 4.78 is 0. The third-order valence-corrected chi connectivity index (χ3v) is 5.85. The lowest BCUT2D eigenvalue weighted by Crippen LogP contribution is -2.15. The molecular weight excluding hydrogens is 246 g/mol. The summed E-state index contributed by atoms with van der Waals surface area (Å²) in [5.74, 6) is 1.14. The van der Waals surface area contributed by atoms with Crippen LogP contribution in [0.4, 0.5) is 5.82 Å². The van der Waals surface area contributed by atoms with Crippen LogP contribution in [0.3, 0.4) is 0 Å². The summed E-state index contributed by atoms with van der Waals surface area (Å²) in [4.78, 5) is 6.67. The monoisotopic (exact) mass is 270 g/mol. The van der Waals surface area contributed by atoms with Gasteiger partial charge in [-0.2, -0.15) is 0 Å². The van der Waals surface area contributed by atoms with Crippen LogP contribution >= 0.6 is 15.8 Å². The van der Waals surface area contributed by atoms with Crippen molar-refractivity contribution < 1.29 is 0 Å². The highest BCUT2D eigenvalue weighted by Gasteiger charge is 2.21. The van der Waals surface area contributed by atoms with Gasteiger partial charge < -0.3 is 4.90 Å². The maximum absolute atomic E-state index is 4.53. The van der Waals surface area contributed by atoms with Crippen LogP contribution in [0.1, 0.15) is 11.2 Å². The first kappa shape index (κ1) is 14.9. The van der Waals surface area contributed by atoms with Crippen molar-refractivity contribution in [2.45, 2.75) is 5.66 Å². The Hall–Kier alpha value is -0.190. The average molecular weight is 270 g/mol. The summed E-state index contributed by atoms with van der Waals surface area (Å²) in [5, 5.41) is 0. The largest absolute Gasteiger partial charge is 0.362 e. The summed E-state index contributed by atoms with van der Waals surface area (Å²) >= 11 is 0. The quantitative estimate of drug-likeness (QED) is 0.759. The van der Waals surface area contributed by atoms with Crippen LogP contribution in [-0.2, 0) is 0 Å². The summed E-state index contributed by atoms with van der Waals surface area (Å²) in [6.07, 6.45) is 3.21. The fraction of sp³-hybridized carbons (Fsp3) is 0.615. The van der Waals surface area contributed by atoms with Gasteiger partial charge in [-0.05, 0) is 38.9 Å². The van der Waals surface area contributed by atoms with Gasteiger partial charge in [0.05, 0.1) is 0 Å². The lowest BCUT2D eigenvalue weighted by Gasteiger charge is -2.27. The van der Waals surface area contributed by atoms with E-state index in [1.54, 1.807) is 0 Å². The van der Waals surface area contributed by atoms with E-state index >= 15 is 0 Å². The van der Waals surface area contributed by atoms with E-state index in [1.165, 1.54) is 11.7 Å². The number of anilines is 1. The molecule has 1 heterocycles. The zero-order valence-corrected chi connectivity index (χ0v) is 13.6. The zero-order valence-electron chi connectivity index (χ0n) is 11.8. The fourth-order valence-electron chi connectivity index (χ4n) is 1.93. The van der Waals surface area contributed by atoms with Crippen LogP contribution < -0.4 is 4.90 Å². The van der Waals surface area contributed by atoms with Crippen LogP contribution in [0.25, 0.3) is 0 Å². The second kappa shape index (κ2) is 6.66. The molecule has 0 aliphatic heterocycles. The highest BCUT2D eigenvalue weighted by molar-refractivity contribution is 7.60. The normalized spacial score (nSPS) is 13.2. The molecule has 4 heteroatoms. The Bertz CT molecular complexity index is 351. The Kier molecular flexibility index (Phi) is 5.83. The number of rotatable bonds is 5. The van der Waals surface area contributed by atoms with Crippen LogP contribution in [-0.4, -0.2) is 51.9 Å². The number of pyridine rings is 1. The van der Waals surface area contributed by atoms with E-state index in [4.69, 9.17) is 0 Å². The first-order valence-corrected chi connectivity index (χ1v) is 10.6. The summed E-state index contributed by atoms with van der Waals surface area (Å²) in [5.41, 5.74) is 2.13. The Morgan fingerprint density at radius 1 is 1.24 bits per heavy atom. The molecule has 1 atom stereocenters. The number of hydrogen-bond donors (Lipinski definition) is 0.